The Hall–Kier alpha value is -4.09. The van der Waals surface area contributed by atoms with E-state index in [1.165, 1.54) is 0 Å². The van der Waals surface area contributed by atoms with E-state index in [1.807, 2.05) is 52.0 Å². The van der Waals surface area contributed by atoms with Crippen LogP contribution in [0, 0.1) is 10.8 Å². The van der Waals surface area contributed by atoms with Crippen molar-refractivity contribution in [2.45, 2.75) is 144 Å². The Balaban J connectivity index is 1.82. The minimum absolute atomic E-state index is 0.118. The number of carbonyl (C=O) groups excluding carboxylic acids is 4. The lowest BCUT2D eigenvalue weighted by Crippen LogP contribution is -2.54. The van der Waals surface area contributed by atoms with Crippen LogP contribution in [0.2, 0.25) is 36.3 Å². The van der Waals surface area contributed by atoms with E-state index in [0.29, 0.717) is 60.7 Å². The van der Waals surface area contributed by atoms with Crippen LogP contribution in [0.25, 0.3) is 0 Å². The topological polar surface area (TPSA) is 196 Å². The fraction of sp³-hybridized carbons (Fsp3) is 0.654. The zero-order valence-electron chi connectivity index (χ0n) is 46.6. The molecule has 0 radical (unpaired) electrons. The summed E-state index contributed by atoms with van der Waals surface area (Å²) in [6, 6.07) is 11.2. The van der Waals surface area contributed by atoms with Gasteiger partial charge in [0.2, 0.25) is 23.6 Å². The predicted octanol–water partition coefficient (Wildman–Crippen LogP) is 9.02. The van der Waals surface area contributed by atoms with Gasteiger partial charge in [-0.1, -0.05) is 90.8 Å². The summed E-state index contributed by atoms with van der Waals surface area (Å²) in [5.74, 6) is 3.07. The summed E-state index contributed by atoms with van der Waals surface area (Å²) in [5.41, 5.74) is 0.265. The molecule has 2 aromatic rings. The van der Waals surface area contributed by atoms with Crippen molar-refractivity contribution in [1.29, 1.82) is 0 Å². The molecule has 4 amide bonds. The number of benzene rings is 2. The van der Waals surface area contributed by atoms with Crippen LogP contribution in [0.1, 0.15) is 93.2 Å². The molecule has 2 atom stereocenters. The van der Waals surface area contributed by atoms with E-state index in [9.17, 15) is 19.2 Å². The number of carbonyl (C=O) groups is 4. The molecule has 0 aromatic heterocycles. The van der Waals surface area contributed by atoms with E-state index in [4.69, 9.17) is 37.8 Å². The minimum atomic E-state index is -2.40. The molecule has 0 spiro atoms. The molecule has 2 rings (SSSR count). The molecule has 0 unspecified atom stereocenters. The lowest BCUT2D eigenvalue weighted by Gasteiger charge is -2.42. The summed E-state index contributed by atoms with van der Waals surface area (Å²) in [6.07, 6.45) is 2.13. The number of hydrogen-bond acceptors (Lipinski definition) is 14. The molecule has 0 saturated heterocycles. The number of methoxy groups -OCH3 is 4. The van der Waals surface area contributed by atoms with Gasteiger partial charge in [0.05, 0.1) is 41.5 Å². The maximum Gasteiger partial charge on any atom is 0.248 e. The van der Waals surface area contributed by atoms with Gasteiger partial charge in [-0.2, -0.15) is 0 Å². The average molecular weight is 1080 g/mol. The van der Waals surface area contributed by atoms with Gasteiger partial charge < -0.3 is 49.1 Å². The molecule has 20 heteroatoms. The van der Waals surface area contributed by atoms with E-state index in [1.54, 1.807) is 74.6 Å². The van der Waals surface area contributed by atoms with Crippen LogP contribution < -0.4 is 40.2 Å². The predicted molar refractivity (Wildman–Crippen MR) is 301 cm³/mol. The molecule has 0 aliphatic carbocycles. The molecule has 0 fully saturated rings. The van der Waals surface area contributed by atoms with Crippen molar-refractivity contribution in [3.8, 4) is 23.0 Å². The molecular weight excluding hydrogens is 989 g/mol. The molecule has 0 saturated carbocycles. The highest BCUT2D eigenvalue weighted by atomic mass is 33.1. The van der Waals surface area contributed by atoms with Crippen molar-refractivity contribution >= 4 is 74.3 Å². The summed E-state index contributed by atoms with van der Waals surface area (Å²) in [6.45, 7) is 30.9. The molecular formula is C52H88N6O10S2Si2. The van der Waals surface area contributed by atoms with Crippen LogP contribution in [-0.2, 0) is 41.1 Å². The number of ether oxygens (including phenoxy) is 4. The Bertz CT molecular complexity index is 1930. The smallest absolute Gasteiger partial charge is 0.248 e. The van der Waals surface area contributed by atoms with E-state index < -0.39 is 39.7 Å². The van der Waals surface area contributed by atoms with Crippen molar-refractivity contribution < 1.29 is 47.0 Å². The first-order valence-electron chi connectivity index (χ1n) is 24.6. The summed E-state index contributed by atoms with van der Waals surface area (Å²) < 4.78 is 35.1. The Kier molecular flexibility index (Phi) is 25.9. The molecule has 4 N–H and O–H groups in total. The molecule has 406 valence electrons. The van der Waals surface area contributed by atoms with Gasteiger partial charge in [-0.25, -0.2) is 0 Å². The van der Waals surface area contributed by atoms with Crippen LogP contribution in [0.15, 0.2) is 46.4 Å². The van der Waals surface area contributed by atoms with Gasteiger partial charge in [0.25, 0.3) is 0 Å². The Morgan fingerprint density at radius 1 is 0.514 bits per heavy atom. The molecule has 0 aliphatic rings. The van der Waals surface area contributed by atoms with Gasteiger partial charge in [0.1, 0.15) is 35.2 Å². The van der Waals surface area contributed by atoms with Crippen molar-refractivity contribution in [3.05, 3.63) is 47.5 Å². The maximum atomic E-state index is 13.8. The van der Waals surface area contributed by atoms with Crippen LogP contribution in [0.4, 0.5) is 0 Å². The van der Waals surface area contributed by atoms with Gasteiger partial charge in [-0.15, -0.1) is 0 Å². The molecule has 0 heterocycles. The molecule has 0 bridgehead atoms. The highest BCUT2D eigenvalue weighted by Gasteiger charge is 2.46. The van der Waals surface area contributed by atoms with Gasteiger partial charge in [0, 0.05) is 85.9 Å². The van der Waals surface area contributed by atoms with E-state index in [2.05, 4.69) is 89.0 Å². The molecule has 72 heavy (non-hydrogen) atoms. The largest absolute Gasteiger partial charge is 0.497 e. The van der Waals surface area contributed by atoms with Gasteiger partial charge >= 0.3 is 0 Å². The van der Waals surface area contributed by atoms with E-state index >= 15 is 0 Å². The van der Waals surface area contributed by atoms with Crippen LogP contribution in [-0.4, -0.2) is 131 Å². The third-order valence-electron chi connectivity index (χ3n) is 12.9. The fourth-order valence-electron chi connectivity index (χ4n) is 6.40. The number of nitrogens with zero attached hydrogens (tertiary/aromatic N) is 2. The number of aliphatic imine (C=N–C) groups is 2. The van der Waals surface area contributed by atoms with Gasteiger partial charge in [-0.05, 0) is 71.7 Å². The summed E-state index contributed by atoms with van der Waals surface area (Å²) in [4.78, 5) is 62.5. The second kappa shape index (κ2) is 29.1. The Morgan fingerprint density at radius 2 is 0.819 bits per heavy atom. The summed E-state index contributed by atoms with van der Waals surface area (Å²) >= 11 is 0. The second-order valence-corrected chi connectivity index (χ2v) is 34.2. The molecule has 0 aliphatic heterocycles. The lowest BCUT2D eigenvalue weighted by atomic mass is 9.87. The van der Waals surface area contributed by atoms with Crippen LogP contribution in [0.3, 0.4) is 0 Å². The third-order valence-corrected chi connectivity index (χ3v) is 24.2. The van der Waals surface area contributed by atoms with Crippen molar-refractivity contribution in [1.82, 2.24) is 21.3 Å². The van der Waals surface area contributed by atoms with Crippen molar-refractivity contribution in [2.24, 2.45) is 20.8 Å². The van der Waals surface area contributed by atoms with Gasteiger partial charge in [0.15, 0.2) is 16.6 Å². The summed E-state index contributed by atoms with van der Waals surface area (Å²) in [7, 11) is 4.79. The van der Waals surface area contributed by atoms with E-state index in [0.717, 1.165) is 11.1 Å². The van der Waals surface area contributed by atoms with Gasteiger partial charge in [-0.3, -0.25) is 29.2 Å². The monoisotopic (exact) mass is 1080 g/mol. The minimum Gasteiger partial charge on any atom is -0.497 e. The molecule has 2 aromatic carbocycles. The SMILES string of the molecule is COc1cc(CN=CC(C)(C)[C@@H](O[Si](C)(C)C(C)(C)C)C(=O)NCCC(=O)NCCSSCCNC(=O)CCNC(=O)[C@H](O[Si](C)(C)C(C)(C)C)C(C)(C)C=NCc2cc(OC)cc(OC)c2)cc(OC)c1. The van der Waals surface area contributed by atoms with E-state index in [-0.39, 0.29) is 59.6 Å². The standard InChI is InChI=1S/C52H88N6O10S2Si2/c1-49(2,3)71(15,16)67-45(51(7,8)35-53-33-37-27-39(63-11)31-40(28-37)64-12)47(61)57-21-19-43(59)55-23-25-69-70-26-24-56-44(60)20-22-58-48(62)46(68-72(17,18)50(4,5)6)52(9,10)36-54-34-38-29-41(65-13)32-42(30-38)66-14/h27-32,35-36,45-46H,19-26,33-34H2,1-18H3,(H,55,59)(H,56,60)(H,57,61)(H,58,62)/t45-,46-/m0/s1. The summed E-state index contributed by atoms with van der Waals surface area (Å²) in [5, 5.41) is 11.5. The van der Waals surface area contributed by atoms with Crippen molar-refractivity contribution in [2.75, 3.05) is 66.1 Å². The normalized spacial score (nSPS) is 13.6. The quantitative estimate of drug-likeness (QED) is 0.0243. The number of rotatable bonds is 31. The van der Waals surface area contributed by atoms with Crippen molar-refractivity contribution in [3.63, 3.8) is 0 Å². The number of nitrogens with one attached hydrogen (secondary N) is 4. The average Bonchev–Trinajstić information content (AvgIpc) is 3.29. The lowest BCUT2D eigenvalue weighted by molar-refractivity contribution is -0.132. The maximum absolute atomic E-state index is 13.8. The first-order valence-corrected chi connectivity index (χ1v) is 32.9. The highest BCUT2D eigenvalue weighted by Crippen LogP contribution is 2.41. The zero-order chi connectivity index (χ0) is 54.6. The highest BCUT2D eigenvalue weighted by molar-refractivity contribution is 8.76. The van der Waals surface area contributed by atoms with Crippen LogP contribution in [0.5, 0.6) is 23.0 Å². The second-order valence-electron chi connectivity index (χ2n) is 22.0. The fourth-order valence-corrected chi connectivity index (χ4v) is 10.9. The third kappa shape index (κ3) is 21.8. The first-order chi connectivity index (χ1) is 33.4. The number of hydrogen-bond donors (Lipinski definition) is 4. The van der Waals surface area contributed by atoms with Crippen LogP contribution >= 0.6 is 21.6 Å². The zero-order valence-corrected chi connectivity index (χ0v) is 50.3. The molecule has 16 nitrogen and oxygen atoms in total. The Labute approximate surface area is 441 Å². The Morgan fingerprint density at radius 3 is 1.10 bits per heavy atom. The number of amides is 4. The first kappa shape index (κ1) is 64.0.